The molecule has 222 valence electrons. The lowest BCUT2D eigenvalue weighted by atomic mass is 9.56. The van der Waals surface area contributed by atoms with Gasteiger partial charge in [-0.3, -0.25) is 4.79 Å². The van der Waals surface area contributed by atoms with E-state index in [1.54, 1.807) is 24.3 Å². The Hall–Kier alpha value is -4.67. The van der Waals surface area contributed by atoms with Crippen LogP contribution in [0.25, 0.3) is 5.57 Å². The molecule has 0 saturated carbocycles. The fraction of sp³-hybridized carbons (Fsp3) is 0.303. The second kappa shape index (κ2) is 9.16. The molecule has 1 saturated heterocycles. The van der Waals surface area contributed by atoms with Crippen LogP contribution in [0.5, 0.6) is 40.2 Å². The van der Waals surface area contributed by atoms with E-state index in [1.807, 2.05) is 6.08 Å². The number of benzene rings is 3. The van der Waals surface area contributed by atoms with E-state index in [0.29, 0.717) is 34.4 Å². The summed E-state index contributed by atoms with van der Waals surface area (Å²) in [6, 6.07) is 10.9. The molecule has 7 rings (SSSR count). The van der Waals surface area contributed by atoms with Gasteiger partial charge in [-0.15, -0.1) is 0 Å². The van der Waals surface area contributed by atoms with Crippen molar-refractivity contribution in [2.45, 2.75) is 36.1 Å². The standard InChI is InChI=1S/C33H30O10/c1-40-25-7-6-18(31(42-3)29(25)38)19-9-16-10-27(37)32(39)14-33(16)28(20-12-23(35)24(36)13-22(20)32)21(30(19)43-33)8-15-4-5-17(34)11-26(15)41-2/h4-7,9-13,21,28,30,34-36,38-39H,8,14H2,1-3H3/t21-,28-,30+,32+,33-/m0/s1. The zero-order valence-electron chi connectivity index (χ0n) is 23.6. The van der Waals surface area contributed by atoms with Gasteiger partial charge in [0.2, 0.25) is 5.75 Å². The molecule has 0 unspecified atom stereocenters. The van der Waals surface area contributed by atoms with Crippen molar-refractivity contribution in [3.63, 3.8) is 0 Å². The summed E-state index contributed by atoms with van der Waals surface area (Å²) in [5.41, 5.74) is 0.114. The summed E-state index contributed by atoms with van der Waals surface area (Å²) in [5.74, 6) is -1.52. The van der Waals surface area contributed by atoms with E-state index in [9.17, 15) is 30.3 Å². The second-order valence-corrected chi connectivity index (χ2v) is 11.5. The van der Waals surface area contributed by atoms with E-state index < -0.39 is 34.8 Å². The van der Waals surface area contributed by atoms with Crippen LogP contribution in [0, 0.1) is 5.92 Å². The van der Waals surface area contributed by atoms with Gasteiger partial charge in [-0.05, 0) is 76.7 Å². The van der Waals surface area contributed by atoms with Crippen LogP contribution in [0.4, 0.5) is 0 Å². The van der Waals surface area contributed by atoms with E-state index in [0.717, 1.165) is 5.56 Å². The van der Waals surface area contributed by atoms with E-state index in [-0.39, 0.29) is 46.6 Å². The number of fused-ring (bicyclic) bond motifs is 5. The summed E-state index contributed by atoms with van der Waals surface area (Å²) in [4.78, 5) is 13.6. The molecule has 5 N–H and O–H groups in total. The lowest BCUT2D eigenvalue weighted by Crippen LogP contribution is -2.56. The number of carbonyl (C=O) groups is 1. The van der Waals surface area contributed by atoms with E-state index >= 15 is 0 Å². The highest BCUT2D eigenvalue weighted by Gasteiger charge is 2.68. The van der Waals surface area contributed by atoms with Gasteiger partial charge in [0.15, 0.2) is 34.4 Å². The number of carbonyl (C=O) groups excluding carboxylic acids is 1. The number of phenols is 4. The highest BCUT2D eigenvalue weighted by molar-refractivity contribution is 6.02. The summed E-state index contributed by atoms with van der Waals surface area (Å²) >= 11 is 0. The largest absolute Gasteiger partial charge is 0.508 e. The normalized spacial score (nSPS) is 28.1. The van der Waals surface area contributed by atoms with Crippen LogP contribution in [0.3, 0.4) is 0 Å². The van der Waals surface area contributed by atoms with E-state index in [2.05, 4.69) is 0 Å². The zero-order chi connectivity index (χ0) is 30.4. The number of aliphatic hydroxyl groups is 1. The molecule has 0 aromatic heterocycles. The van der Waals surface area contributed by atoms with Crippen LogP contribution >= 0.6 is 0 Å². The van der Waals surface area contributed by atoms with Crippen molar-refractivity contribution < 1.29 is 49.3 Å². The van der Waals surface area contributed by atoms with Crippen molar-refractivity contribution in [3.8, 4) is 40.2 Å². The van der Waals surface area contributed by atoms with Gasteiger partial charge >= 0.3 is 0 Å². The minimum Gasteiger partial charge on any atom is -0.508 e. The topological polar surface area (TPSA) is 155 Å². The lowest BCUT2D eigenvalue weighted by Gasteiger charge is -2.51. The number of hydrogen-bond donors (Lipinski definition) is 5. The molecule has 2 aliphatic heterocycles. The average molecular weight is 587 g/mol. The quantitative estimate of drug-likeness (QED) is 0.269. The summed E-state index contributed by atoms with van der Waals surface area (Å²) in [5, 5.41) is 54.0. The number of methoxy groups -OCH3 is 3. The molecule has 4 aliphatic rings. The molecule has 3 aromatic rings. The Morgan fingerprint density at radius 3 is 2.37 bits per heavy atom. The first-order valence-electron chi connectivity index (χ1n) is 13.8. The molecule has 1 spiro atoms. The van der Waals surface area contributed by atoms with Crippen LogP contribution in [0.2, 0.25) is 0 Å². The van der Waals surface area contributed by atoms with Crippen LogP contribution in [-0.4, -0.2) is 64.4 Å². The predicted molar refractivity (Wildman–Crippen MR) is 153 cm³/mol. The fourth-order valence-corrected chi connectivity index (χ4v) is 7.65. The van der Waals surface area contributed by atoms with E-state index in [4.69, 9.17) is 18.9 Å². The third-order valence-electron chi connectivity index (χ3n) is 9.46. The van der Waals surface area contributed by atoms with Gasteiger partial charge in [-0.2, -0.15) is 0 Å². The molecule has 2 aliphatic carbocycles. The van der Waals surface area contributed by atoms with Crippen molar-refractivity contribution in [1.82, 2.24) is 0 Å². The van der Waals surface area contributed by atoms with Gasteiger partial charge in [0.25, 0.3) is 0 Å². The molecule has 1 fully saturated rings. The van der Waals surface area contributed by atoms with Crippen molar-refractivity contribution in [2.24, 2.45) is 5.92 Å². The number of phenolic OH excluding ortho intramolecular Hbond substituents is 4. The van der Waals surface area contributed by atoms with Gasteiger partial charge in [0.05, 0.1) is 27.4 Å². The first-order valence-corrected chi connectivity index (χ1v) is 13.8. The van der Waals surface area contributed by atoms with Gasteiger partial charge in [-0.1, -0.05) is 6.07 Å². The molecule has 3 bridgehead atoms. The van der Waals surface area contributed by atoms with Crippen LogP contribution in [0.15, 0.2) is 60.2 Å². The molecule has 0 amide bonds. The van der Waals surface area contributed by atoms with Crippen molar-refractivity contribution in [3.05, 3.63) is 82.4 Å². The maximum atomic E-state index is 13.6. The maximum absolute atomic E-state index is 13.6. The molecular formula is C33H30O10. The second-order valence-electron chi connectivity index (χ2n) is 11.5. The predicted octanol–water partition coefficient (Wildman–Crippen LogP) is 3.81. The number of ether oxygens (including phenoxy) is 4. The van der Waals surface area contributed by atoms with Gasteiger partial charge in [-0.25, -0.2) is 0 Å². The lowest BCUT2D eigenvalue weighted by molar-refractivity contribution is -0.148. The van der Waals surface area contributed by atoms with Crippen molar-refractivity contribution in [2.75, 3.05) is 21.3 Å². The van der Waals surface area contributed by atoms with Gasteiger partial charge in [0, 0.05) is 29.9 Å². The van der Waals surface area contributed by atoms with Crippen LogP contribution in [-0.2, 0) is 21.6 Å². The highest BCUT2D eigenvalue weighted by atomic mass is 16.5. The monoisotopic (exact) mass is 586 g/mol. The smallest absolute Gasteiger partial charge is 0.201 e. The number of hydrogen-bond acceptors (Lipinski definition) is 10. The van der Waals surface area contributed by atoms with Crippen LogP contribution < -0.4 is 14.2 Å². The molecule has 0 radical (unpaired) electrons. The Bertz CT molecular complexity index is 1770. The summed E-state index contributed by atoms with van der Waals surface area (Å²) < 4.78 is 23.5. The first-order chi connectivity index (χ1) is 20.6. The van der Waals surface area contributed by atoms with E-state index in [1.165, 1.54) is 45.6 Å². The Labute approximate surface area is 246 Å². The Morgan fingerprint density at radius 1 is 0.907 bits per heavy atom. The Morgan fingerprint density at radius 2 is 1.65 bits per heavy atom. The SMILES string of the molecule is COc1cc(O)ccc1C[C@@H]1[C@@H]2O[C@@]34C[C@](O)(C(=O)C=C3C=C2c2ccc(OC)c(O)c2OC)c2cc(O)c(O)cc2[C@@H]14. The Balaban J connectivity index is 1.50. The first kappa shape index (κ1) is 27.2. The third kappa shape index (κ3) is 3.56. The summed E-state index contributed by atoms with van der Waals surface area (Å²) in [6.45, 7) is 0. The number of aromatic hydroxyl groups is 4. The molecule has 43 heavy (non-hydrogen) atoms. The number of ketones is 1. The van der Waals surface area contributed by atoms with Gasteiger partial charge in [0.1, 0.15) is 17.1 Å². The average Bonchev–Trinajstić information content (AvgIpc) is 3.24. The number of rotatable bonds is 6. The molecule has 5 atom stereocenters. The summed E-state index contributed by atoms with van der Waals surface area (Å²) in [7, 11) is 4.39. The Kier molecular flexibility index (Phi) is 5.79. The van der Waals surface area contributed by atoms with Crippen molar-refractivity contribution >= 4 is 11.4 Å². The molecule has 3 aromatic carbocycles. The molecular weight excluding hydrogens is 556 g/mol. The molecule has 2 heterocycles. The maximum Gasteiger partial charge on any atom is 0.201 e. The molecule has 10 heteroatoms. The summed E-state index contributed by atoms with van der Waals surface area (Å²) in [6.07, 6.45) is 2.91. The fourth-order valence-electron chi connectivity index (χ4n) is 7.65. The molecule has 10 nitrogen and oxygen atoms in total. The zero-order valence-corrected chi connectivity index (χ0v) is 23.6. The van der Waals surface area contributed by atoms with Gasteiger partial charge < -0.3 is 44.5 Å². The highest BCUT2D eigenvalue weighted by Crippen LogP contribution is 2.67. The minimum absolute atomic E-state index is 0.0455. The third-order valence-corrected chi connectivity index (χ3v) is 9.46. The van der Waals surface area contributed by atoms with Crippen LogP contribution in [0.1, 0.15) is 34.6 Å². The van der Waals surface area contributed by atoms with Crippen molar-refractivity contribution in [1.29, 1.82) is 0 Å². The minimum atomic E-state index is -1.97.